The lowest BCUT2D eigenvalue weighted by Crippen LogP contribution is -2.13. The van der Waals surface area contributed by atoms with Crippen LogP contribution in [0.1, 0.15) is 72.6 Å². The average molecular weight is 643 g/mol. The molecule has 0 fully saturated rings. The number of carbonyl (C=O) groups is 2. The molecule has 1 aliphatic rings. The number of fused-ring (bicyclic) bond motifs is 2. The van der Waals surface area contributed by atoms with Gasteiger partial charge in [-0.15, -0.1) is 0 Å². The first-order valence-electron chi connectivity index (χ1n) is 14.8. The maximum Gasteiger partial charge on any atom is 0.290 e. The molecule has 0 aliphatic carbocycles. The predicted octanol–water partition coefficient (Wildman–Crippen LogP) is 5.88. The highest BCUT2D eigenvalue weighted by Gasteiger charge is 2.24. The maximum atomic E-state index is 14.8. The quantitative estimate of drug-likeness (QED) is 0.220. The van der Waals surface area contributed by atoms with Crippen molar-refractivity contribution in [2.45, 2.75) is 73.0 Å². The zero-order valence-corrected chi connectivity index (χ0v) is 27.7. The van der Waals surface area contributed by atoms with Gasteiger partial charge >= 0.3 is 0 Å². The smallest absolute Gasteiger partial charge is 0.290 e. The van der Waals surface area contributed by atoms with Crippen LogP contribution >= 0.6 is 0 Å². The topological polar surface area (TPSA) is 135 Å². The van der Waals surface area contributed by atoms with Crippen molar-refractivity contribution < 1.29 is 38.1 Å². The number of aliphatic hydroxyl groups is 1. The number of aldehydes is 1. The lowest BCUT2D eigenvalue weighted by molar-refractivity contribution is -0.122. The lowest BCUT2D eigenvalue weighted by Gasteiger charge is -2.23. The van der Waals surface area contributed by atoms with E-state index in [1.165, 1.54) is 25.3 Å². The van der Waals surface area contributed by atoms with Crippen LogP contribution < -0.4 is 14.8 Å². The molecule has 0 unspecified atom stereocenters. The zero-order chi connectivity index (χ0) is 34.6. The Labute approximate surface area is 268 Å². The average Bonchev–Trinajstić information content (AvgIpc) is 3.42. The molecule has 0 radical (unpaired) electrons. The summed E-state index contributed by atoms with van der Waals surface area (Å²) < 4.78 is 39.7. The highest BCUT2D eigenvalue weighted by Crippen LogP contribution is 2.39. The van der Waals surface area contributed by atoms with Gasteiger partial charge in [0.2, 0.25) is 0 Å². The van der Waals surface area contributed by atoms with Crippen LogP contribution in [-0.2, 0) is 24.2 Å². The molecule has 2 aromatic heterocycles. The van der Waals surface area contributed by atoms with Crippen molar-refractivity contribution in [1.29, 1.82) is 0 Å². The van der Waals surface area contributed by atoms with Gasteiger partial charge in [-0.1, -0.05) is 13.0 Å². The third kappa shape index (κ3) is 10.0. The summed E-state index contributed by atoms with van der Waals surface area (Å²) in [4.78, 5) is 24.1. The van der Waals surface area contributed by atoms with E-state index in [0.717, 1.165) is 58.5 Å². The van der Waals surface area contributed by atoms with Crippen LogP contribution in [0.4, 0.5) is 8.78 Å². The molecule has 0 amide bonds. The third-order valence-electron chi connectivity index (χ3n) is 6.71. The number of carbonyl (C=O) groups excluding carboxylic acids is 1. The number of hydrogen-bond donors (Lipinski definition) is 3. The Balaban J connectivity index is 0.000000305. The van der Waals surface area contributed by atoms with Gasteiger partial charge in [0.25, 0.3) is 6.47 Å². The summed E-state index contributed by atoms with van der Waals surface area (Å²) in [7, 11) is 3.37. The molecular formula is C34H44F2N4O6. The van der Waals surface area contributed by atoms with E-state index in [2.05, 4.69) is 15.4 Å². The van der Waals surface area contributed by atoms with Crippen molar-refractivity contribution in [3.05, 3.63) is 75.6 Å². The minimum Gasteiger partial charge on any atom is -0.496 e. The van der Waals surface area contributed by atoms with E-state index in [4.69, 9.17) is 24.5 Å². The second-order valence-corrected chi connectivity index (χ2v) is 11.4. The number of aryl methyl sites for hydroxylation is 1. The van der Waals surface area contributed by atoms with E-state index in [0.29, 0.717) is 42.3 Å². The second kappa shape index (κ2) is 17.3. The molecule has 0 saturated heterocycles. The lowest BCUT2D eigenvalue weighted by atomic mass is 9.92. The number of methoxy groups -OCH3 is 1. The first-order valence-corrected chi connectivity index (χ1v) is 14.8. The van der Waals surface area contributed by atoms with Gasteiger partial charge < -0.3 is 25.0 Å². The zero-order valence-electron chi connectivity index (χ0n) is 27.7. The molecular weight excluding hydrogens is 598 g/mol. The molecule has 0 saturated carbocycles. The Morgan fingerprint density at radius 3 is 2.37 bits per heavy atom. The molecule has 5 rings (SSSR count). The number of nitrogens with zero attached hydrogens (tertiary/aromatic N) is 3. The maximum absolute atomic E-state index is 14.8. The summed E-state index contributed by atoms with van der Waals surface area (Å²) in [5.74, 6) is 0.329. The standard InChI is InChI=1S/C20H20FN3O2.C9H12FNO.C4H10O.CH2O2/c1-4-14-12(3)22-18-8-13(10-25)23-24(18)19(14)16-9-17(21)20-15(11(16)2)6-5-7-26-20;1-11-6-7-3-4-8(10)5-9(7)12-2;1-4(2,3)5;2-1-3/h8-10H,4-7H2,1-3H3;3-5,11H,6H2,1-2H3;5H,1-3H3;1H,(H,2,3). The molecule has 0 spiro atoms. The number of hydrogen-bond acceptors (Lipinski definition) is 8. The van der Waals surface area contributed by atoms with Gasteiger partial charge in [-0.05, 0) is 84.2 Å². The van der Waals surface area contributed by atoms with Gasteiger partial charge in [0.1, 0.15) is 17.3 Å². The van der Waals surface area contributed by atoms with E-state index in [-0.39, 0.29) is 18.1 Å². The molecule has 1 aliphatic heterocycles. The fourth-order valence-electron chi connectivity index (χ4n) is 4.89. The number of nitrogens with one attached hydrogen (secondary N) is 1. The number of aromatic nitrogens is 3. The van der Waals surface area contributed by atoms with Crippen molar-refractivity contribution in [3.8, 4) is 22.8 Å². The van der Waals surface area contributed by atoms with Gasteiger partial charge in [-0.2, -0.15) is 5.10 Å². The molecule has 12 heteroatoms. The fourth-order valence-corrected chi connectivity index (χ4v) is 4.89. The summed E-state index contributed by atoms with van der Waals surface area (Å²) in [5, 5.41) is 22.8. The van der Waals surface area contributed by atoms with Crippen LogP contribution in [-0.4, -0.2) is 63.9 Å². The molecule has 3 N–H and O–H groups in total. The van der Waals surface area contributed by atoms with E-state index >= 15 is 0 Å². The predicted molar refractivity (Wildman–Crippen MR) is 173 cm³/mol. The highest BCUT2D eigenvalue weighted by molar-refractivity contribution is 5.77. The van der Waals surface area contributed by atoms with Crippen LogP contribution in [0.15, 0.2) is 30.3 Å². The second-order valence-electron chi connectivity index (χ2n) is 11.4. The molecule has 0 atom stereocenters. The number of rotatable bonds is 6. The summed E-state index contributed by atoms with van der Waals surface area (Å²) in [6.45, 7) is 12.2. The summed E-state index contributed by atoms with van der Waals surface area (Å²) in [6, 6.07) is 7.69. The molecule has 46 heavy (non-hydrogen) atoms. The van der Waals surface area contributed by atoms with E-state index in [1.807, 2.05) is 27.8 Å². The van der Waals surface area contributed by atoms with Crippen LogP contribution in [0, 0.1) is 25.5 Å². The van der Waals surface area contributed by atoms with Crippen molar-refractivity contribution in [1.82, 2.24) is 19.9 Å². The SMILES string of the molecule is CC(C)(C)O.CCc1c(C)nc2cc(C=O)nn2c1-c1cc(F)c2c(c1C)CCCO2.CNCc1ccc(F)cc1OC.O=CO. The van der Waals surface area contributed by atoms with Crippen molar-refractivity contribution >= 4 is 18.4 Å². The monoisotopic (exact) mass is 642 g/mol. The summed E-state index contributed by atoms with van der Waals surface area (Å²) in [6.07, 6.45) is 3.10. The minimum absolute atomic E-state index is 0.250. The fraction of sp³-hybridized carbons (Fsp3) is 0.412. The Hall–Kier alpha value is -4.42. The van der Waals surface area contributed by atoms with Gasteiger partial charge in [0.05, 0.1) is 25.0 Å². The number of halogens is 2. The number of carboxylic acid groups (broad SMARTS) is 1. The largest absolute Gasteiger partial charge is 0.496 e. The number of ether oxygens (including phenoxy) is 2. The summed E-state index contributed by atoms with van der Waals surface area (Å²) >= 11 is 0. The van der Waals surface area contributed by atoms with Gasteiger partial charge in [-0.3, -0.25) is 9.59 Å². The van der Waals surface area contributed by atoms with Crippen LogP contribution in [0.25, 0.3) is 16.9 Å². The van der Waals surface area contributed by atoms with E-state index in [9.17, 15) is 13.6 Å². The minimum atomic E-state index is -0.500. The molecule has 2 aromatic carbocycles. The summed E-state index contributed by atoms with van der Waals surface area (Å²) in [5.41, 5.74) is 6.70. The highest BCUT2D eigenvalue weighted by atomic mass is 19.1. The first-order chi connectivity index (χ1) is 21.7. The first kappa shape index (κ1) is 37.8. The molecule has 250 valence electrons. The van der Waals surface area contributed by atoms with Crippen LogP contribution in [0.3, 0.4) is 0 Å². The van der Waals surface area contributed by atoms with Crippen molar-refractivity contribution in [2.24, 2.45) is 0 Å². The molecule has 3 heterocycles. The van der Waals surface area contributed by atoms with Crippen molar-refractivity contribution in [2.75, 3.05) is 20.8 Å². The Bertz CT molecular complexity index is 1630. The molecule has 10 nitrogen and oxygen atoms in total. The van der Waals surface area contributed by atoms with Crippen LogP contribution in [0.5, 0.6) is 11.5 Å². The molecule has 4 aromatic rings. The Morgan fingerprint density at radius 2 is 1.80 bits per heavy atom. The number of benzene rings is 2. The van der Waals surface area contributed by atoms with Crippen LogP contribution in [0.2, 0.25) is 0 Å². The van der Waals surface area contributed by atoms with Gasteiger partial charge in [-0.25, -0.2) is 18.3 Å². The Morgan fingerprint density at radius 1 is 1.15 bits per heavy atom. The third-order valence-corrected chi connectivity index (χ3v) is 6.71. The normalized spacial score (nSPS) is 11.8. The van der Waals surface area contributed by atoms with Gasteiger partial charge in [0, 0.05) is 41.1 Å². The van der Waals surface area contributed by atoms with E-state index < -0.39 is 5.60 Å². The Kier molecular flexibility index (Phi) is 14.2. The van der Waals surface area contributed by atoms with Crippen molar-refractivity contribution in [3.63, 3.8) is 0 Å². The molecule has 0 bridgehead atoms. The van der Waals surface area contributed by atoms with E-state index in [1.54, 1.807) is 37.4 Å². The van der Waals surface area contributed by atoms with Gasteiger partial charge in [0.15, 0.2) is 23.5 Å².